The summed E-state index contributed by atoms with van der Waals surface area (Å²) in [5, 5.41) is 0. The first kappa shape index (κ1) is 14.1. The zero-order valence-corrected chi connectivity index (χ0v) is 11.9. The second kappa shape index (κ2) is 6.75. The van der Waals surface area contributed by atoms with Gasteiger partial charge in [-0.15, -0.1) is 0 Å². The van der Waals surface area contributed by atoms with E-state index >= 15 is 0 Å². The van der Waals surface area contributed by atoms with Crippen molar-refractivity contribution in [3.8, 4) is 0 Å². The molecular formula is C14H15BrFN3. The van der Waals surface area contributed by atoms with E-state index in [0.717, 1.165) is 22.0 Å². The van der Waals surface area contributed by atoms with Crippen LogP contribution >= 0.6 is 15.9 Å². The minimum atomic E-state index is -0.225. The van der Waals surface area contributed by atoms with Crippen LogP contribution in [0, 0.1) is 5.82 Å². The van der Waals surface area contributed by atoms with Gasteiger partial charge in [0.1, 0.15) is 5.82 Å². The van der Waals surface area contributed by atoms with Crippen LogP contribution in [0.2, 0.25) is 0 Å². The summed E-state index contributed by atoms with van der Waals surface area (Å²) in [5.41, 5.74) is 4.77. The van der Waals surface area contributed by atoms with Gasteiger partial charge in [0.15, 0.2) is 0 Å². The van der Waals surface area contributed by atoms with Crippen LogP contribution in [-0.4, -0.2) is 11.0 Å². The van der Waals surface area contributed by atoms with Gasteiger partial charge in [0, 0.05) is 22.9 Å². The number of hydrogen-bond acceptors (Lipinski definition) is 3. The molecule has 1 unspecified atom stereocenters. The minimum Gasteiger partial charge on any atom is -0.271 e. The monoisotopic (exact) mass is 323 g/mol. The Bertz CT molecular complexity index is 500. The third kappa shape index (κ3) is 4.38. The van der Waals surface area contributed by atoms with Gasteiger partial charge >= 0.3 is 0 Å². The van der Waals surface area contributed by atoms with Gasteiger partial charge < -0.3 is 0 Å². The van der Waals surface area contributed by atoms with E-state index < -0.39 is 0 Å². The molecule has 1 aromatic heterocycles. The predicted octanol–water partition coefficient (Wildman–Crippen LogP) is 2.60. The highest BCUT2D eigenvalue weighted by atomic mass is 79.9. The van der Waals surface area contributed by atoms with E-state index in [4.69, 9.17) is 5.84 Å². The van der Waals surface area contributed by atoms with Crippen LogP contribution in [0.25, 0.3) is 0 Å². The number of rotatable bonds is 5. The van der Waals surface area contributed by atoms with Crippen LogP contribution in [0.4, 0.5) is 4.39 Å². The Balaban J connectivity index is 2.04. The van der Waals surface area contributed by atoms with Gasteiger partial charge in [-0.1, -0.05) is 12.1 Å². The summed E-state index contributed by atoms with van der Waals surface area (Å²) >= 11 is 3.39. The molecule has 0 aliphatic rings. The smallest absolute Gasteiger partial charge is 0.123 e. The van der Waals surface area contributed by atoms with Gasteiger partial charge in [-0.05, 0) is 58.1 Å². The summed E-state index contributed by atoms with van der Waals surface area (Å²) in [5.74, 6) is 5.34. The number of aromatic nitrogens is 1. The predicted molar refractivity (Wildman–Crippen MR) is 76.9 cm³/mol. The van der Waals surface area contributed by atoms with Crippen LogP contribution in [0.15, 0.2) is 47.2 Å². The fourth-order valence-corrected chi connectivity index (χ4v) is 2.40. The van der Waals surface area contributed by atoms with Crippen LogP contribution in [0.1, 0.15) is 11.1 Å². The number of nitrogens with one attached hydrogen (secondary N) is 1. The van der Waals surface area contributed by atoms with Crippen molar-refractivity contribution in [2.45, 2.75) is 18.9 Å². The van der Waals surface area contributed by atoms with Gasteiger partial charge in [-0.3, -0.25) is 16.3 Å². The zero-order valence-electron chi connectivity index (χ0n) is 10.3. The Labute approximate surface area is 120 Å². The van der Waals surface area contributed by atoms with E-state index in [1.165, 1.54) is 12.1 Å². The Kier molecular flexibility index (Phi) is 5.01. The second-order valence-corrected chi connectivity index (χ2v) is 5.33. The third-order valence-corrected chi connectivity index (χ3v) is 3.28. The van der Waals surface area contributed by atoms with E-state index in [9.17, 15) is 4.39 Å². The molecule has 0 saturated carbocycles. The maximum atomic E-state index is 13.1. The lowest BCUT2D eigenvalue weighted by Crippen LogP contribution is -2.38. The Morgan fingerprint density at radius 1 is 1.21 bits per heavy atom. The molecule has 0 bridgehead atoms. The quantitative estimate of drug-likeness (QED) is 0.657. The van der Waals surface area contributed by atoms with Crippen LogP contribution in [0.3, 0.4) is 0 Å². The van der Waals surface area contributed by atoms with Crippen molar-refractivity contribution in [2.24, 2.45) is 5.84 Å². The fraction of sp³-hybridized carbons (Fsp3) is 0.214. The molecule has 0 spiro atoms. The van der Waals surface area contributed by atoms with Crippen LogP contribution in [-0.2, 0) is 12.8 Å². The zero-order chi connectivity index (χ0) is 13.7. The number of nitrogens with two attached hydrogens (primary N) is 1. The molecule has 19 heavy (non-hydrogen) atoms. The molecule has 3 N–H and O–H groups in total. The van der Waals surface area contributed by atoms with Crippen molar-refractivity contribution < 1.29 is 4.39 Å². The van der Waals surface area contributed by atoms with E-state index in [-0.39, 0.29) is 11.9 Å². The number of hydrogen-bond donors (Lipinski definition) is 2. The van der Waals surface area contributed by atoms with Crippen molar-refractivity contribution in [3.05, 3.63) is 64.1 Å². The number of pyridine rings is 1. The van der Waals surface area contributed by atoms with Crippen molar-refractivity contribution in [3.63, 3.8) is 0 Å². The lowest BCUT2D eigenvalue weighted by Gasteiger charge is -2.16. The molecule has 2 rings (SSSR count). The first-order chi connectivity index (χ1) is 9.17. The summed E-state index contributed by atoms with van der Waals surface area (Å²) in [7, 11) is 0. The molecule has 0 aliphatic heterocycles. The molecule has 5 heteroatoms. The minimum absolute atomic E-state index is 0.0397. The lowest BCUT2D eigenvalue weighted by atomic mass is 10.0. The largest absolute Gasteiger partial charge is 0.271 e. The summed E-state index contributed by atoms with van der Waals surface area (Å²) < 4.78 is 14.1. The molecule has 2 aromatic rings. The molecule has 100 valence electrons. The van der Waals surface area contributed by atoms with E-state index in [0.29, 0.717) is 6.42 Å². The summed E-state index contributed by atoms with van der Waals surface area (Å²) in [6.07, 6.45) is 4.95. The SMILES string of the molecule is NNC(Cc1cccc(F)c1)Cc1cncc(Br)c1. The molecule has 0 radical (unpaired) electrons. The van der Waals surface area contributed by atoms with Gasteiger partial charge in [0.25, 0.3) is 0 Å². The summed E-state index contributed by atoms with van der Waals surface area (Å²) in [4.78, 5) is 4.12. The highest BCUT2D eigenvalue weighted by Crippen LogP contribution is 2.13. The average molecular weight is 324 g/mol. The fourth-order valence-electron chi connectivity index (χ4n) is 1.99. The van der Waals surface area contributed by atoms with Gasteiger partial charge in [0.05, 0.1) is 0 Å². The molecule has 0 amide bonds. The number of hydrazine groups is 1. The Morgan fingerprint density at radius 3 is 2.68 bits per heavy atom. The standard InChI is InChI=1S/C14H15BrFN3/c15-12-4-11(8-18-9-12)7-14(19-17)6-10-2-1-3-13(16)5-10/h1-5,8-9,14,19H,6-7,17H2. The van der Waals surface area contributed by atoms with Crippen molar-refractivity contribution in [1.82, 2.24) is 10.4 Å². The maximum absolute atomic E-state index is 13.1. The van der Waals surface area contributed by atoms with Gasteiger partial charge in [0.2, 0.25) is 0 Å². The highest BCUT2D eigenvalue weighted by molar-refractivity contribution is 9.10. The van der Waals surface area contributed by atoms with E-state index in [1.54, 1.807) is 18.5 Å². The first-order valence-corrected chi connectivity index (χ1v) is 6.76. The number of halogens is 2. The molecule has 3 nitrogen and oxygen atoms in total. The summed E-state index contributed by atoms with van der Waals surface area (Å²) in [6.45, 7) is 0. The molecule has 0 fully saturated rings. The van der Waals surface area contributed by atoms with E-state index in [1.807, 2.05) is 12.1 Å². The first-order valence-electron chi connectivity index (χ1n) is 5.97. The van der Waals surface area contributed by atoms with Crippen LogP contribution < -0.4 is 11.3 Å². The maximum Gasteiger partial charge on any atom is 0.123 e. The molecule has 1 atom stereocenters. The second-order valence-electron chi connectivity index (χ2n) is 4.41. The number of nitrogens with zero attached hydrogens (tertiary/aromatic N) is 1. The van der Waals surface area contributed by atoms with E-state index in [2.05, 4.69) is 26.3 Å². The molecule has 1 heterocycles. The third-order valence-electron chi connectivity index (χ3n) is 2.85. The number of benzene rings is 1. The van der Waals surface area contributed by atoms with Crippen molar-refractivity contribution in [1.29, 1.82) is 0 Å². The summed E-state index contributed by atoms with van der Waals surface area (Å²) in [6, 6.07) is 8.61. The van der Waals surface area contributed by atoms with Gasteiger partial charge in [-0.25, -0.2) is 4.39 Å². The topological polar surface area (TPSA) is 50.9 Å². The van der Waals surface area contributed by atoms with Crippen molar-refractivity contribution in [2.75, 3.05) is 0 Å². The molecule has 0 aliphatic carbocycles. The molecule has 0 saturated heterocycles. The lowest BCUT2D eigenvalue weighted by molar-refractivity contribution is 0.520. The Morgan fingerprint density at radius 2 is 2.00 bits per heavy atom. The molecular weight excluding hydrogens is 309 g/mol. The van der Waals surface area contributed by atoms with Crippen LogP contribution in [0.5, 0.6) is 0 Å². The highest BCUT2D eigenvalue weighted by Gasteiger charge is 2.10. The van der Waals surface area contributed by atoms with Gasteiger partial charge in [-0.2, -0.15) is 0 Å². The Hall–Kier alpha value is -1.30. The van der Waals surface area contributed by atoms with Crippen molar-refractivity contribution >= 4 is 15.9 Å². The molecule has 1 aromatic carbocycles. The normalized spacial score (nSPS) is 12.4. The average Bonchev–Trinajstić information content (AvgIpc) is 2.38.